The van der Waals surface area contributed by atoms with E-state index in [4.69, 9.17) is 15.2 Å². The molecule has 2 heterocycles. The monoisotopic (exact) mass is 374 g/mol. The van der Waals surface area contributed by atoms with Crippen LogP contribution in [-0.4, -0.2) is 37.3 Å². The van der Waals surface area contributed by atoms with E-state index in [0.29, 0.717) is 30.4 Å². The molecular weight excluding hydrogens is 348 g/mol. The van der Waals surface area contributed by atoms with Crippen LogP contribution in [-0.2, 0) is 16.1 Å². The summed E-state index contributed by atoms with van der Waals surface area (Å²) in [5, 5.41) is 3.06. The van der Waals surface area contributed by atoms with Gasteiger partial charge in [-0.25, -0.2) is 9.97 Å². The summed E-state index contributed by atoms with van der Waals surface area (Å²) < 4.78 is 11.1. The topological polar surface area (TPSA) is 99.4 Å². The largest absolute Gasteiger partial charge is 0.365 e. The molecule has 2 aromatic heterocycles. The summed E-state index contributed by atoms with van der Waals surface area (Å²) in [5.41, 5.74) is 6.53. The van der Waals surface area contributed by atoms with Crippen LogP contribution in [0.25, 0.3) is 0 Å². The summed E-state index contributed by atoms with van der Waals surface area (Å²) >= 11 is 0. The smallest absolute Gasteiger partial charge is 0.252 e. The summed E-state index contributed by atoms with van der Waals surface area (Å²) in [6.45, 7) is 8.20. The molecule has 0 spiro atoms. The molecule has 140 valence electrons. The Bertz CT molecular complexity index is 734. The Labute approximate surface area is 155 Å². The maximum Gasteiger partial charge on any atom is 0.252 e. The molecule has 0 saturated heterocycles. The normalized spacial score (nSPS) is 11.3. The fourth-order valence-electron chi connectivity index (χ4n) is 2.13. The number of primary amides is 1. The van der Waals surface area contributed by atoms with E-state index in [2.05, 4.69) is 34.9 Å². The minimum atomic E-state index is -1.09. The lowest BCUT2D eigenvalue weighted by molar-refractivity contribution is -0.0572. The molecule has 0 bridgehead atoms. The minimum Gasteiger partial charge on any atom is -0.365 e. The molecule has 3 N–H and O–H groups in total. The van der Waals surface area contributed by atoms with Crippen LogP contribution in [0.5, 0.6) is 0 Å². The van der Waals surface area contributed by atoms with Crippen molar-refractivity contribution in [3.8, 4) is 0 Å². The van der Waals surface area contributed by atoms with E-state index < -0.39 is 14.0 Å². The molecule has 0 atom stereocenters. The van der Waals surface area contributed by atoms with E-state index in [0.717, 1.165) is 11.6 Å². The Morgan fingerprint density at radius 3 is 2.50 bits per heavy atom. The van der Waals surface area contributed by atoms with Crippen molar-refractivity contribution in [2.45, 2.75) is 32.3 Å². The predicted molar refractivity (Wildman–Crippen MR) is 104 cm³/mol. The highest BCUT2D eigenvalue weighted by molar-refractivity contribution is 6.76. The third-order valence-corrected chi connectivity index (χ3v) is 5.33. The molecule has 0 aliphatic rings. The van der Waals surface area contributed by atoms with Crippen molar-refractivity contribution in [2.75, 3.05) is 18.7 Å². The number of rotatable bonds is 10. The van der Waals surface area contributed by atoms with E-state index in [-0.39, 0.29) is 6.79 Å². The van der Waals surface area contributed by atoms with Gasteiger partial charge >= 0.3 is 0 Å². The van der Waals surface area contributed by atoms with E-state index in [1.165, 1.54) is 0 Å². The van der Waals surface area contributed by atoms with E-state index in [1.807, 2.05) is 12.1 Å². The molecule has 2 aromatic rings. The van der Waals surface area contributed by atoms with Gasteiger partial charge in [0.2, 0.25) is 0 Å². The van der Waals surface area contributed by atoms with Crippen LogP contribution in [0.2, 0.25) is 25.7 Å². The third kappa shape index (κ3) is 6.55. The first-order valence-corrected chi connectivity index (χ1v) is 12.2. The average molecular weight is 375 g/mol. The molecule has 26 heavy (non-hydrogen) atoms. The summed E-state index contributed by atoms with van der Waals surface area (Å²) in [6, 6.07) is 8.09. The highest BCUT2D eigenvalue weighted by Gasteiger charge is 2.13. The van der Waals surface area contributed by atoms with Crippen LogP contribution in [0, 0.1) is 0 Å². The van der Waals surface area contributed by atoms with Gasteiger partial charge in [0, 0.05) is 32.6 Å². The zero-order valence-corrected chi connectivity index (χ0v) is 16.5. The molecule has 0 fully saturated rings. The van der Waals surface area contributed by atoms with E-state index in [9.17, 15) is 4.79 Å². The van der Waals surface area contributed by atoms with E-state index >= 15 is 0 Å². The lowest BCUT2D eigenvalue weighted by Gasteiger charge is -2.15. The van der Waals surface area contributed by atoms with Crippen LogP contribution in [0.15, 0.2) is 36.7 Å². The lowest BCUT2D eigenvalue weighted by Crippen LogP contribution is -2.22. The number of nitrogens with one attached hydrogen (secondary N) is 1. The molecule has 0 aliphatic heterocycles. The number of ether oxygens (including phenoxy) is 2. The average Bonchev–Trinajstić information content (AvgIpc) is 2.58. The molecule has 7 nitrogen and oxygen atoms in total. The number of hydrogen-bond donors (Lipinski definition) is 2. The number of hydrogen-bond acceptors (Lipinski definition) is 6. The standard InChI is InChI=1S/C18H26N4O3Si/c1-26(2,3)11-10-24-13-25-12-14-6-4-8-20-17(14)22-18-15(16(19)23)7-5-9-21-18/h4-9H,10-13H2,1-3H3,(H2,19,23)(H,20,21,22). The Kier molecular flexibility index (Phi) is 7.25. The number of nitrogens with zero attached hydrogens (tertiary/aromatic N) is 2. The third-order valence-electron chi connectivity index (χ3n) is 3.62. The van der Waals surface area contributed by atoms with Gasteiger partial charge in [-0.15, -0.1) is 0 Å². The van der Waals surface area contributed by atoms with Gasteiger partial charge in [-0.3, -0.25) is 4.79 Å². The quantitative estimate of drug-likeness (QED) is 0.376. The number of anilines is 2. The Hall–Kier alpha value is -2.29. The van der Waals surface area contributed by atoms with Crippen LogP contribution in [0.3, 0.4) is 0 Å². The number of pyridine rings is 2. The van der Waals surface area contributed by atoms with Crippen molar-refractivity contribution in [1.29, 1.82) is 0 Å². The highest BCUT2D eigenvalue weighted by Crippen LogP contribution is 2.20. The highest BCUT2D eigenvalue weighted by atomic mass is 28.3. The first kappa shape index (κ1) is 20.0. The van der Waals surface area contributed by atoms with Crippen LogP contribution in [0.1, 0.15) is 15.9 Å². The molecule has 0 unspecified atom stereocenters. The van der Waals surface area contributed by atoms with Gasteiger partial charge < -0.3 is 20.5 Å². The number of aromatic nitrogens is 2. The first-order valence-electron chi connectivity index (χ1n) is 8.48. The lowest BCUT2D eigenvalue weighted by atomic mass is 10.2. The SMILES string of the molecule is C[Si](C)(C)CCOCOCc1cccnc1Nc1ncccc1C(N)=O. The second kappa shape index (κ2) is 9.42. The molecular formula is C18H26N4O3Si. The predicted octanol–water partition coefficient (Wildman–Crippen LogP) is 3.15. The van der Waals surface area contributed by atoms with Crippen molar-refractivity contribution in [2.24, 2.45) is 5.73 Å². The summed E-state index contributed by atoms with van der Waals surface area (Å²) in [7, 11) is -1.09. The van der Waals surface area contributed by atoms with Crippen molar-refractivity contribution in [3.05, 3.63) is 47.8 Å². The first-order chi connectivity index (χ1) is 12.4. The number of amides is 1. The minimum absolute atomic E-state index is 0.231. The Morgan fingerprint density at radius 1 is 1.12 bits per heavy atom. The summed E-state index contributed by atoms with van der Waals surface area (Å²) in [6.07, 6.45) is 3.24. The van der Waals surface area contributed by atoms with Gasteiger partial charge in [0.1, 0.15) is 18.4 Å². The fourth-order valence-corrected chi connectivity index (χ4v) is 2.89. The van der Waals surface area contributed by atoms with Crippen molar-refractivity contribution in [3.63, 3.8) is 0 Å². The van der Waals surface area contributed by atoms with Gasteiger partial charge in [0.15, 0.2) is 0 Å². The second-order valence-corrected chi connectivity index (χ2v) is 12.7. The summed E-state index contributed by atoms with van der Waals surface area (Å²) in [4.78, 5) is 20.0. The molecule has 0 radical (unpaired) electrons. The maximum atomic E-state index is 11.5. The Morgan fingerprint density at radius 2 is 1.81 bits per heavy atom. The zero-order valence-electron chi connectivity index (χ0n) is 15.5. The second-order valence-electron chi connectivity index (χ2n) is 7.09. The molecule has 0 aliphatic carbocycles. The van der Waals surface area contributed by atoms with Crippen LogP contribution >= 0.6 is 0 Å². The Balaban J connectivity index is 1.93. The molecule has 1 amide bonds. The number of nitrogens with two attached hydrogens (primary N) is 1. The van der Waals surface area contributed by atoms with Crippen molar-refractivity contribution < 1.29 is 14.3 Å². The van der Waals surface area contributed by atoms with Gasteiger partial charge in [-0.05, 0) is 24.2 Å². The van der Waals surface area contributed by atoms with Gasteiger partial charge in [0.05, 0.1) is 12.2 Å². The summed E-state index contributed by atoms with van der Waals surface area (Å²) in [5.74, 6) is 0.382. The van der Waals surface area contributed by atoms with Crippen molar-refractivity contribution in [1.82, 2.24) is 9.97 Å². The van der Waals surface area contributed by atoms with Gasteiger partial charge in [-0.2, -0.15) is 0 Å². The van der Waals surface area contributed by atoms with E-state index in [1.54, 1.807) is 24.5 Å². The number of carbonyl (C=O) groups is 1. The molecule has 2 rings (SSSR count). The molecule has 0 aromatic carbocycles. The van der Waals surface area contributed by atoms with Crippen LogP contribution in [0.4, 0.5) is 11.6 Å². The van der Waals surface area contributed by atoms with Gasteiger partial charge in [-0.1, -0.05) is 25.7 Å². The molecule has 8 heteroatoms. The maximum absolute atomic E-state index is 11.5. The van der Waals surface area contributed by atoms with Gasteiger partial charge in [0.25, 0.3) is 5.91 Å². The number of carbonyl (C=O) groups excluding carboxylic acids is 1. The molecule has 0 saturated carbocycles. The van der Waals surface area contributed by atoms with Crippen LogP contribution < -0.4 is 11.1 Å². The van der Waals surface area contributed by atoms with Crippen molar-refractivity contribution >= 4 is 25.6 Å². The zero-order chi connectivity index (χ0) is 19.0. The fraction of sp³-hybridized carbons (Fsp3) is 0.389.